The first kappa shape index (κ1) is 15.1. The molecular weight excluding hydrogens is 350 g/mol. The fourth-order valence-electron chi connectivity index (χ4n) is 1.90. The second-order valence-corrected chi connectivity index (χ2v) is 8.44. The van der Waals surface area contributed by atoms with E-state index in [1.165, 1.54) is 25.1 Å². The summed E-state index contributed by atoms with van der Waals surface area (Å²) >= 11 is 5.03. The van der Waals surface area contributed by atoms with Crippen LogP contribution in [0.3, 0.4) is 0 Å². The molecule has 3 N–H and O–H groups in total. The molecule has 1 aromatic rings. The van der Waals surface area contributed by atoms with Crippen molar-refractivity contribution in [2.24, 2.45) is 0 Å². The summed E-state index contributed by atoms with van der Waals surface area (Å²) in [5.41, 5.74) is 5.63. The third-order valence-electron chi connectivity index (χ3n) is 2.91. The van der Waals surface area contributed by atoms with Crippen LogP contribution in [0.2, 0.25) is 0 Å². The fraction of sp³-hybridized carbons (Fsp3) is 0.545. The predicted molar refractivity (Wildman–Crippen MR) is 81.6 cm³/mol. The first-order valence-electron chi connectivity index (χ1n) is 6.01. The number of aromatic nitrogens is 1. The van der Waals surface area contributed by atoms with Gasteiger partial charge in [-0.3, -0.25) is 0 Å². The first-order chi connectivity index (χ1) is 8.99. The Morgan fingerprint density at radius 3 is 3.00 bits per heavy atom. The number of thioether (sulfide) groups is 1. The summed E-state index contributed by atoms with van der Waals surface area (Å²) in [7, 11) is -3.59. The minimum absolute atomic E-state index is 0.0204. The molecule has 106 valence electrons. The van der Waals surface area contributed by atoms with Gasteiger partial charge in [0, 0.05) is 22.5 Å². The van der Waals surface area contributed by atoms with E-state index in [1.807, 2.05) is 11.8 Å². The van der Waals surface area contributed by atoms with Crippen LogP contribution in [0.5, 0.6) is 0 Å². The largest absolute Gasteiger partial charge is 0.383 e. The lowest BCUT2D eigenvalue weighted by molar-refractivity contribution is 0.574. The Kier molecular flexibility index (Phi) is 5.10. The molecule has 1 aliphatic heterocycles. The third-order valence-corrected chi connectivity index (χ3v) is 6.20. The maximum atomic E-state index is 12.2. The second-order valence-electron chi connectivity index (χ2n) is 4.38. The highest BCUT2D eigenvalue weighted by Crippen LogP contribution is 2.25. The molecule has 1 unspecified atom stereocenters. The van der Waals surface area contributed by atoms with E-state index >= 15 is 0 Å². The van der Waals surface area contributed by atoms with E-state index in [-0.39, 0.29) is 10.7 Å². The van der Waals surface area contributed by atoms with E-state index in [9.17, 15) is 8.42 Å². The van der Waals surface area contributed by atoms with Crippen molar-refractivity contribution in [1.82, 2.24) is 9.71 Å². The predicted octanol–water partition coefficient (Wildman–Crippen LogP) is 1.99. The van der Waals surface area contributed by atoms with Gasteiger partial charge < -0.3 is 5.73 Å². The maximum Gasteiger partial charge on any atom is 0.244 e. The zero-order valence-corrected chi connectivity index (χ0v) is 13.5. The molecule has 2 rings (SSSR count). The first-order valence-corrected chi connectivity index (χ1v) is 9.34. The van der Waals surface area contributed by atoms with Gasteiger partial charge in [-0.1, -0.05) is 6.42 Å². The highest BCUT2D eigenvalue weighted by atomic mass is 79.9. The van der Waals surface area contributed by atoms with Gasteiger partial charge in [0.2, 0.25) is 10.0 Å². The minimum Gasteiger partial charge on any atom is -0.383 e. The average Bonchev–Trinajstić information content (AvgIpc) is 2.40. The van der Waals surface area contributed by atoms with E-state index in [4.69, 9.17) is 5.73 Å². The van der Waals surface area contributed by atoms with Gasteiger partial charge in [-0.25, -0.2) is 18.1 Å². The van der Waals surface area contributed by atoms with Crippen LogP contribution in [0.4, 0.5) is 5.82 Å². The molecule has 1 aromatic heterocycles. The van der Waals surface area contributed by atoms with Crippen LogP contribution in [0.1, 0.15) is 19.3 Å². The van der Waals surface area contributed by atoms with Crippen LogP contribution in [0.25, 0.3) is 0 Å². The Hall–Kier alpha value is -0.310. The minimum atomic E-state index is -3.59. The summed E-state index contributed by atoms with van der Waals surface area (Å²) < 4.78 is 27.6. The number of nitrogens with one attached hydrogen (secondary N) is 1. The molecule has 5 nitrogen and oxygen atoms in total. The molecule has 0 spiro atoms. The van der Waals surface area contributed by atoms with Crippen molar-refractivity contribution in [2.75, 3.05) is 18.0 Å². The molecule has 0 bridgehead atoms. The van der Waals surface area contributed by atoms with Gasteiger partial charge in [-0.05, 0) is 40.6 Å². The van der Waals surface area contributed by atoms with Crippen molar-refractivity contribution < 1.29 is 8.42 Å². The number of hydrogen-bond donors (Lipinski definition) is 2. The van der Waals surface area contributed by atoms with Crippen molar-refractivity contribution in [3.05, 3.63) is 16.7 Å². The van der Waals surface area contributed by atoms with E-state index in [2.05, 4.69) is 25.6 Å². The monoisotopic (exact) mass is 365 g/mol. The number of nitrogens with two attached hydrogens (primary N) is 1. The fourth-order valence-corrected chi connectivity index (χ4v) is 4.91. The van der Waals surface area contributed by atoms with Crippen LogP contribution in [0.15, 0.2) is 21.6 Å². The highest BCUT2D eigenvalue weighted by Gasteiger charge is 2.21. The SMILES string of the molecule is Nc1ncc(Br)cc1S(=O)(=O)NCC1CCCCS1. The Morgan fingerprint density at radius 2 is 2.32 bits per heavy atom. The lowest BCUT2D eigenvalue weighted by Crippen LogP contribution is -2.32. The van der Waals surface area contributed by atoms with Gasteiger partial charge in [0.1, 0.15) is 10.7 Å². The van der Waals surface area contributed by atoms with Crippen molar-refractivity contribution >= 4 is 43.5 Å². The van der Waals surface area contributed by atoms with Gasteiger partial charge in [-0.2, -0.15) is 11.8 Å². The third kappa shape index (κ3) is 4.08. The smallest absolute Gasteiger partial charge is 0.244 e. The number of rotatable bonds is 4. The Morgan fingerprint density at radius 1 is 1.53 bits per heavy atom. The van der Waals surface area contributed by atoms with E-state index in [0.717, 1.165) is 12.2 Å². The van der Waals surface area contributed by atoms with Crippen molar-refractivity contribution in [1.29, 1.82) is 0 Å². The molecule has 1 aliphatic rings. The van der Waals surface area contributed by atoms with Gasteiger partial charge in [0.15, 0.2) is 0 Å². The van der Waals surface area contributed by atoms with Crippen molar-refractivity contribution in [3.8, 4) is 0 Å². The number of halogens is 1. The molecule has 0 aliphatic carbocycles. The Labute approximate surface area is 125 Å². The highest BCUT2D eigenvalue weighted by molar-refractivity contribution is 9.10. The molecule has 0 saturated carbocycles. The topological polar surface area (TPSA) is 85.1 Å². The standard InChI is InChI=1S/C11H16BrN3O2S2/c12-8-5-10(11(13)14-6-8)19(16,17)15-7-9-3-1-2-4-18-9/h5-6,9,15H,1-4,7H2,(H2,13,14). The molecule has 1 saturated heterocycles. The maximum absolute atomic E-state index is 12.2. The zero-order valence-electron chi connectivity index (χ0n) is 10.3. The molecular formula is C11H16BrN3O2S2. The van der Waals surface area contributed by atoms with Crippen LogP contribution in [-0.4, -0.2) is 30.9 Å². The summed E-state index contributed by atoms with van der Waals surface area (Å²) in [6, 6.07) is 1.47. The summed E-state index contributed by atoms with van der Waals surface area (Å²) in [6.07, 6.45) is 4.92. The van der Waals surface area contributed by atoms with Gasteiger partial charge in [-0.15, -0.1) is 0 Å². The average molecular weight is 366 g/mol. The summed E-state index contributed by atoms with van der Waals surface area (Å²) in [4.78, 5) is 3.88. The van der Waals surface area contributed by atoms with Crippen LogP contribution in [-0.2, 0) is 10.0 Å². The lowest BCUT2D eigenvalue weighted by Gasteiger charge is -2.21. The van der Waals surface area contributed by atoms with E-state index < -0.39 is 10.0 Å². The number of nitrogen functional groups attached to an aromatic ring is 1. The summed E-state index contributed by atoms with van der Waals surface area (Å²) in [5, 5.41) is 0.352. The molecule has 0 radical (unpaired) electrons. The lowest BCUT2D eigenvalue weighted by atomic mass is 10.2. The van der Waals surface area contributed by atoms with Crippen LogP contribution < -0.4 is 10.5 Å². The molecule has 19 heavy (non-hydrogen) atoms. The normalized spacial score (nSPS) is 20.4. The number of anilines is 1. The van der Waals surface area contributed by atoms with Crippen molar-refractivity contribution in [2.45, 2.75) is 29.4 Å². The molecule has 0 amide bonds. The summed E-state index contributed by atoms with van der Waals surface area (Å²) in [5.74, 6) is 1.12. The van der Waals surface area contributed by atoms with Gasteiger partial charge >= 0.3 is 0 Å². The van der Waals surface area contributed by atoms with Gasteiger partial charge in [0.05, 0.1) is 0 Å². The molecule has 1 fully saturated rings. The van der Waals surface area contributed by atoms with E-state index in [1.54, 1.807) is 0 Å². The Bertz CT molecular complexity index is 545. The molecule has 0 aromatic carbocycles. The van der Waals surface area contributed by atoms with E-state index in [0.29, 0.717) is 16.3 Å². The zero-order chi connectivity index (χ0) is 13.9. The Balaban J connectivity index is 2.07. The number of nitrogens with zero attached hydrogens (tertiary/aromatic N) is 1. The number of pyridine rings is 1. The van der Waals surface area contributed by atoms with Crippen LogP contribution in [0, 0.1) is 0 Å². The van der Waals surface area contributed by atoms with Crippen molar-refractivity contribution in [3.63, 3.8) is 0 Å². The number of sulfonamides is 1. The molecule has 1 atom stereocenters. The number of hydrogen-bond acceptors (Lipinski definition) is 5. The quantitative estimate of drug-likeness (QED) is 0.851. The van der Waals surface area contributed by atoms with Gasteiger partial charge in [0.25, 0.3) is 0 Å². The molecule has 8 heteroatoms. The second kappa shape index (κ2) is 6.43. The molecule has 2 heterocycles. The summed E-state index contributed by atoms with van der Waals surface area (Å²) in [6.45, 7) is 0.443. The van der Waals surface area contributed by atoms with Crippen LogP contribution >= 0.6 is 27.7 Å².